The molecule has 1 unspecified atom stereocenters. The van der Waals surface area contributed by atoms with Crippen LogP contribution in [0.25, 0.3) is 11.1 Å². The van der Waals surface area contributed by atoms with Crippen LogP contribution in [-0.2, 0) is 9.53 Å². The molecule has 0 bridgehead atoms. The number of carboxylic acids is 1. The van der Waals surface area contributed by atoms with Gasteiger partial charge in [-0.2, -0.15) is 0 Å². The first kappa shape index (κ1) is 23.0. The number of hydrogen-bond acceptors (Lipinski definition) is 6. The maximum atomic E-state index is 12.6. The molecule has 0 fully saturated rings. The highest BCUT2D eigenvalue weighted by atomic mass is 16.6. The summed E-state index contributed by atoms with van der Waals surface area (Å²) in [5, 5.41) is 15.2. The van der Waals surface area contributed by atoms with Gasteiger partial charge in [0.2, 0.25) is 5.88 Å². The Kier molecular flexibility index (Phi) is 6.62. The number of nitrogens with one attached hydrogen (secondary N) is 1. The minimum absolute atomic E-state index is 0.0339. The Balaban J connectivity index is 1.38. The first-order chi connectivity index (χ1) is 16.4. The SMILES string of the molecule is CCN(CC(C)C(=O)O)C(=O)c1cc(NC(=O)OCC2c3ccccc3-c3ccccc32)on1. The van der Waals surface area contributed by atoms with Crippen molar-refractivity contribution in [3.05, 3.63) is 71.4 Å². The van der Waals surface area contributed by atoms with E-state index in [2.05, 4.69) is 22.6 Å². The van der Waals surface area contributed by atoms with Crippen molar-refractivity contribution in [3.8, 4) is 11.1 Å². The number of nitrogens with zero attached hydrogens (tertiary/aromatic N) is 2. The molecule has 1 atom stereocenters. The summed E-state index contributed by atoms with van der Waals surface area (Å²) < 4.78 is 10.5. The van der Waals surface area contributed by atoms with Crippen LogP contribution in [0.3, 0.4) is 0 Å². The van der Waals surface area contributed by atoms with Crippen molar-refractivity contribution in [1.82, 2.24) is 10.1 Å². The number of rotatable bonds is 8. The zero-order chi connectivity index (χ0) is 24.2. The third-order valence-corrected chi connectivity index (χ3v) is 5.88. The molecule has 9 heteroatoms. The third-order valence-electron chi connectivity index (χ3n) is 5.88. The second-order valence-corrected chi connectivity index (χ2v) is 8.11. The van der Waals surface area contributed by atoms with E-state index in [0.29, 0.717) is 6.54 Å². The minimum atomic E-state index is -0.996. The average molecular weight is 463 g/mol. The average Bonchev–Trinajstić information content (AvgIpc) is 3.43. The lowest BCUT2D eigenvalue weighted by molar-refractivity contribution is -0.141. The number of carboxylic acid groups (broad SMARTS) is 1. The Morgan fingerprint density at radius 3 is 2.32 bits per heavy atom. The number of aromatic nitrogens is 1. The molecule has 9 nitrogen and oxygen atoms in total. The second-order valence-electron chi connectivity index (χ2n) is 8.11. The van der Waals surface area contributed by atoms with Crippen molar-refractivity contribution in [2.24, 2.45) is 5.92 Å². The lowest BCUT2D eigenvalue weighted by Gasteiger charge is -2.21. The number of carbonyl (C=O) groups is 3. The summed E-state index contributed by atoms with van der Waals surface area (Å²) in [5.74, 6) is -2.33. The third kappa shape index (κ3) is 4.63. The molecule has 1 aliphatic rings. The van der Waals surface area contributed by atoms with Gasteiger partial charge in [-0.25, -0.2) is 4.79 Å². The van der Waals surface area contributed by atoms with Gasteiger partial charge in [0.1, 0.15) is 6.61 Å². The highest BCUT2D eigenvalue weighted by Gasteiger charge is 2.29. The molecule has 0 radical (unpaired) electrons. The van der Waals surface area contributed by atoms with E-state index in [4.69, 9.17) is 14.4 Å². The lowest BCUT2D eigenvalue weighted by atomic mass is 9.98. The molecule has 0 aliphatic heterocycles. The van der Waals surface area contributed by atoms with Gasteiger partial charge in [-0.3, -0.25) is 14.9 Å². The minimum Gasteiger partial charge on any atom is -0.481 e. The number of aliphatic carboxylic acids is 1. The van der Waals surface area contributed by atoms with E-state index in [1.54, 1.807) is 6.92 Å². The predicted molar refractivity (Wildman–Crippen MR) is 124 cm³/mol. The Bertz CT molecular complexity index is 1180. The van der Waals surface area contributed by atoms with Gasteiger partial charge in [0.25, 0.3) is 5.91 Å². The van der Waals surface area contributed by atoms with Gasteiger partial charge in [0, 0.05) is 25.1 Å². The molecule has 176 valence electrons. The van der Waals surface area contributed by atoms with Crippen molar-refractivity contribution in [2.45, 2.75) is 19.8 Å². The van der Waals surface area contributed by atoms with Crippen molar-refractivity contribution >= 4 is 23.9 Å². The molecule has 0 spiro atoms. The fourth-order valence-electron chi connectivity index (χ4n) is 4.10. The van der Waals surface area contributed by atoms with Crippen LogP contribution in [0.4, 0.5) is 10.7 Å². The lowest BCUT2D eigenvalue weighted by Crippen LogP contribution is -2.36. The molecule has 1 heterocycles. The standard InChI is InChI=1S/C25H25N3O6/c1-3-28(13-15(2)24(30)31)23(29)21-12-22(34-27-21)26-25(32)33-14-20-18-10-6-4-8-16(18)17-9-5-7-11-19(17)20/h4-12,15,20H,3,13-14H2,1-2H3,(H,26,32)(H,30,31). The van der Waals surface area contributed by atoms with E-state index >= 15 is 0 Å². The predicted octanol–water partition coefficient (Wildman–Crippen LogP) is 4.22. The quantitative estimate of drug-likeness (QED) is 0.513. The summed E-state index contributed by atoms with van der Waals surface area (Å²) >= 11 is 0. The van der Waals surface area contributed by atoms with Gasteiger partial charge in [-0.05, 0) is 29.2 Å². The van der Waals surface area contributed by atoms with E-state index in [9.17, 15) is 14.4 Å². The van der Waals surface area contributed by atoms with Crippen LogP contribution in [0.2, 0.25) is 0 Å². The maximum absolute atomic E-state index is 12.6. The van der Waals surface area contributed by atoms with E-state index in [1.807, 2.05) is 36.4 Å². The van der Waals surface area contributed by atoms with Gasteiger partial charge in [0.15, 0.2) is 5.69 Å². The number of benzene rings is 2. The number of hydrogen-bond donors (Lipinski definition) is 2. The molecule has 3 aromatic rings. The summed E-state index contributed by atoms with van der Waals surface area (Å²) in [6, 6.07) is 17.3. The summed E-state index contributed by atoms with van der Waals surface area (Å²) in [7, 11) is 0. The molecule has 4 rings (SSSR count). The van der Waals surface area contributed by atoms with Gasteiger partial charge in [-0.1, -0.05) is 60.6 Å². The number of ether oxygens (including phenoxy) is 1. The van der Waals surface area contributed by atoms with Crippen molar-refractivity contribution in [3.63, 3.8) is 0 Å². The van der Waals surface area contributed by atoms with E-state index in [1.165, 1.54) is 17.9 Å². The molecule has 1 aromatic heterocycles. The van der Waals surface area contributed by atoms with Gasteiger partial charge in [-0.15, -0.1) is 0 Å². The van der Waals surface area contributed by atoms with E-state index < -0.39 is 23.9 Å². The van der Waals surface area contributed by atoms with Crippen LogP contribution in [0, 0.1) is 5.92 Å². The van der Waals surface area contributed by atoms with E-state index in [-0.39, 0.29) is 30.6 Å². The molecule has 2 N–H and O–H groups in total. The van der Waals surface area contributed by atoms with E-state index in [0.717, 1.165) is 22.3 Å². The first-order valence-electron chi connectivity index (χ1n) is 11.0. The fraction of sp³-hybridized carbons (Fsp3) is 0.280. The highest BCUT2D eigenvalue weighted by molar-refractivity contribution is 5.94. The first-order valence-corrected chi connectivity index (χ1v) is 11.0. The molecule has 1 aliphatic carbocycles. The summed E-state index contributed by atoms with van der Waals surface area (Å²) in [5.41, 5.74) is 4.42. The van der Waals surface area contributed by atoms with Crippen LogP contribution in [0.5, 0.6) is 0 Å². The maximum Gasteiger partial charge on any atom is 0.414 e. The number of carbonyl (C=O) groups excluding carboxylic acids is 2. The smallest absolute Gasteiger partial charge is 0.414 e. The number of anilines is 1. The number of fused-ring (bicyclic) bond motifs is 3. The Morgan fingerprint density at radius 1 is 1.12 bits per heavy atom. The zero-order valence-corrected chi connectivity index (χ0v) is 18.9. The molecular weight excluding hydrogens is 438 g/mol. The van der Waals surface area contributed by atoms with Gasteiger partial charge in [0.05, 0.1) is 5.92 Å². The van der Waals surface area contributed by atoms with Crippen molar-refractivity contribution < 1.29 is 28.8 Å². The summed E-state index contributed by atoms with van der Waals surface area (Å²) in [6.45, 7) is 3.73. The summed E-state index contributed by atoms with van der Waals surface area (Å²) in [6.07, 6.45) is -0.733. The van der Waals surface area contributed by atoms with Crippen LogP contribution in [0.1, 0.15) is 41.4 Å². The molecule has 2 amide bonds. The molecule has 2 aromatic carbocycles. The Labute approximate surface area is 196 Å². The van der Waals surface area contributed by atoms with Crippen molar-refractivity contribution in [1.29, 1.82) is 0 Å². The summed E-state index contributed by atoms with van der Waals surface area (Å²) in [4.78, 5) is 37.5. The fourth-order valence-corrected chi connectivity index (χ4v) is 4.10. The topological polar surface area (TPSA) is 122 Å². The van der Waals surface area contributed by atoms with Crippen LogP contribution < -0.4 is 5.32 Å². The molecule has 34 heavy (non-hydrogen) atoms. The monoisotopic (exact) mass is 463 g/mol. The molecule has 0 saturated carbocycles. The Morgan fingerprint density at radius 2 is 1.74 bits per heavy atom. The van der Waals surface area contributed by atoms with Crippen LogP contribution >= 0.6 is 0 Å². The van der Waals surface area contributed by atoms with Crippen LogP contribution in [-0.4, -0.2) is 52.8 Å². The van der Waals surface area contributed by atoms with Gasteiger partial charge >= 0.3 is 12.1 Å². The second kappa shape index (κ2) is 9.78. The molecular formula is C25H25N3O6. The normalized spacial score (nSPS) is 13.0. The number of amides is 2. The molecule has 0 saturated heterocycles. The highest BCUT2D eigenvalue weighted by Crippen LogP contribution is 2.44. The van der Waals surface area contributed by atoms with Crippen molar-refractivity contribution in [2.75, 3.05) is 25.0 Å². The largest absolute Gasteiger partial charge is 0.481 e. The van der Waals surface area contributed by atoms with Crippen LogP contribution in [0.15, 0.2) is 59.1 Å². The van der Waals surface area contributed by atoms with Gasteiger partial charge < -0.3 is 19.3 Å². The zero-order valence-electron chi connectivity index (χ0n) is 18.9. The Hall–Kier alpha value is -4.14.